The molecule has 3 rings (SSSR count). The highest BCUT2D eigenvalue weighted by Crippen LogP contribution is 2.21. The number of hydrogen-bond donors (Lipinski definition) is 2. The van der Waals surface area contributed by atoms with Crippen LogP contribution in [0.2, 0.25) is 0 Å². The van der Waals surface area contributed by atoms with Crippen LogP contribution in [0.25, 0.3) is 0 Å². The van der Waals surface area contributed by atoms with Gasteiger partial charge in [-0.2, -0.15) is 5.26 Å². The maximum Gasteiger partial charge on any atom is 0.226 e. The molecule has 0 aromatic heterocycles. The number of amides is 1. The molecular weight excluding hydrogens is 324 g/mol. The molecule has 1 saturated heterocycles. The lowest BCUT2D eigenvalue weighted by molar-refractivity contribution is -0.115. The van der Waals surface area contributed by atoms with Crippen LogP contribution in [0, 0.1) is 11.3 Å². The van der Waals surface area contributed by atoms with Crippen molar-refractivity contribution in [2.24, 2.45) is 0 Å². The van der Waals surface area contributed by atoms with Gasteiger partial charge in [-0.1, -0.05) is 12.1 Å². The highest BCUT2D eigenvalue weighted by molar-refractivity contribution is 5.92. The van der Waals surface area contributed by atoms with Crippen LogP contribution >= 0.6 is 0 Å². The minimum Gasteiger partial charge on any atom is -0.385 e. The van der Waals surface area contributed by atoms with Gasteiger partial charge in [-0.05, 0) is 55.7 Å². The SMILES string of the molecule is N#Cc1ccccc1NC(=O)CCNc1ccc(N2CCCCC2)cc1. The number of nitrogens with zero attached hydrogens (tertiary/aromatic N) is 2. The van der Waals surface area contributed by atoms with Gasteiger partial charge in [0.2, 0.25) is 5.91 Å². The number of carbonyl (C=O) groups excluding carboxylic acids is 1. The largest absolute Gasteiger partial charge is 0.385 e. The van der Waals surface area contributed by atoms with Gasteiger partial charge in [0.1, 0.15) is 6.07 Å². The van der Waals surface area contributed by atoms with Gasteiger partial charge in [0, 0.05) is 37.4 Å². The van der Waals surface area contributed by atoms with Crippen LogP contribution in [0.4, 0.5) is 17.1 Å². The van der Waals surface area contributed by atoms with Gasteiger partial charge in [-0.3, -0.25) is 4.79 Å². The summed E-state index contributed by atoms with van der Waals surface area (Å²) in [5, 5.41) is 15.1. The number of para-hydroxylation sites is 1. The van der Waals surface area contributed by atoms with Crippen molar-refractivity contribution in [2.75, 3.05) is 35.2 Å². The molecule has 0 aliphatic carbocycles. The summed E-state index contributed by atoms with van der Waals surface area (Å²) in [4.78, 5) is 14.5. The summed E-state index contributed by atoms with van der Waals surface area (Å²) in [5.41, 5.74) is 3.31. The van der Waals surface area contributed by atoms with Crippen molar-refractivity contribution in [3.63, 3.8) is 0 Å². The maximum absolute atomic E-state index is 12.1. The summed E-state index contributed by atoms with van der Waals surface area (Å²) >= 11 is 0. The molecule has 0 saturated carbocycles. The van der Waals surface area contributed by atoms with Crippen LogP contribution in [-0.2, 0) is 4.79 Å². The van der Waals surface area contributed by atoms with Gasteiger partial charge in [-0.15, -0.1) is 0 Å². The Morgan fingerprint density at radius 1 is 1.04 bits per heavy atom. The highest BCUT2D eigenvalue weighted by Gasteiger charge is 2.10. The molecular formula is C21H24N4O. The summed E-state index contributed by atoms with van der Waals surface area (Å²) in [6.07, 6.45) is 4.21. The molecule has 0 spiro atoms. The van der Waals surface area contributed by atoms with E-state index < -0.39 is 0 Å². The Kier molecular flexibility index (Phi) is 6.10. The molecule has 2 aromatic carbocycles. The van der Waals surface area contributed by atoms with Crippen LogP contribution in [0.1, 0.15) is 31.2 Å². The molecule has 0 radical (unpaired) electrons. The summed E-state index contributed by atoms with van der Waals surface area (Å²) in [5.74, 6) is -0.106. The van der Waals surface area contributed by atoms with Gasteiger partial charge < -0.3 is 15.5 Å². The van der Waals surface area contributed by atoms with Crippen LogP contribution in [0.5, 0.6) is 0 Å². The van der Waals surface area contributed by atoms with Crippen LogP contribution in [-0.4, -0.2) is 25.5 Å². The zero-order valence-electron chi connectivity index (χ0n) is 14.9. The lowest BCUT2D eigenvalue weighted by Gasteiger charge is -2.28. The molecule has 0 bridgehead atoms. The molecule has 2 aromatic rings. The molecule has 1 amide bonds. The van der Waals surface area contributed by atoms with Crippen molar-refractivity contribution < 1.29 is 4.79 Å². The van der Waals surface area contributed by atoms with Crippen molar-refractivity contribution in [2.45, 2.75) is 25.7 Å². The lowest BCUT2D eigenvalue weighted by atomic mass is 10.1. The zero-order chi connectivity index (χ0) is 18.2. The molecule has 5 heteroatoms. The second-order valence-electron chi connectivity index (χ2n) is 6.48. The average Bonchev–Trinajstić information content (AvgIpc) is 2.69. The van der Waals surface area contributed by atoms with E-state index >= 15 is 0 Å². The fourth-order valence-corrected chi connectivity index (χ4v) is 3.16. The molecule has 5 nitrogen and oxygen atoms in total. The molecule has 2 N–H and O–H groups in total. The molecule has 1 aliphatic heterocycles. The third-order valence-electron chi connectivity index (χ3n) is 4.59. The number of rotatable bonds is 6. The first-order valence-electron chi connectivity index (χ1n) is 9.14. The van der Waals surface area contributed by atoms with Gasteiger partial charge in [-0.25, -0.2) is 0 Å². The monoisotopic (exact) mass is 348 g/mol. The number of benzene rings is 2. The van der Waals surface area contributed by atoms with Gasteiger partial charge >= 0.3 is 0 Å². The number of piperidine rings is 1. The number of carbonyl (C=O) groups is 1. The predicted molar refractivity (Wildman–Crippen MR) is 105 cm³/mol. The van der Waals surface area contributed by atoms with Gasteiger partial charge in [0.15, 0.2) is 0 Å². The molecule has 1 heterocycles. The standard InChI is InChI=1S/C21H24N4O/c22-16-17-6-2-3-7-20(17)24-21(26)12-13-23-18-8-10-19(11-9-18)25-14-4-1-5-15-25/h2-3,6-11,23H,1,4-5,12-15H2,(H,24,26). The lowest BCUT2D eigenvalue weighted by Crippen LogP contribution is -2.29. The molecule has 1 aliphatic rings. The Morgan fingerprint density at radius 2 is 1.77 bits per heavy atom. The minimum atomic E-state index is -0.106. The van der Waals surface area contributed by atoms with Crippen molar-refractivity contribution in [1.29, 1.82) is 5.26 Å². The Labute approximate surface area is 154 Å². The zero-order valence-corrected chi connectivity index (χ0v) is 14.9. The molecule has 1 fully saturated rings. The van der Waals surface area contributed by atoms with E-state index in [1.807, 2.05) is 0 Å². The van der Waals surface area contributed by atoms with Crippen molar-refractivity contribution >= 4 is 23.0 Å². The third-order valence-corrected chi connectivity index (χ3v) is 4.59. The van der Waals surface area contributed by atoms with Crippen LogP contribution in [0.3, 0.4) is 0 Å². The van der Waals surface area contributed by atoms with E-state index in [0.717, 1.165) is 18.8 Å². The highest BCUT2D eigenvalue weighted by atomic mass is 16.1. The first-order valence-corrected chi connectivity index (χ1v) is 9.14. The maximum atomic E-state index is 12.1. The number of nitriles is 1. The normalized spacial score (nSPS) is 13.7. The Balaban J connectivity index is 1.45. The van der Waals surface area contributed by atoms with Crippen molar-refractivity contribution in [3.8, 4) is 6.07 Å². The third kappa shape index (κ3) is 4.76. The summed E-state index contributed by atoms with van der Waals surface area (Å²) in [6, 6.07) is 17.5. The first kappa shape index (κ1) is 17.8. The quantitative estimate of drug-likeness (QED) is 0.828. The van der Waals surface area contributed by atoms with E-state index in [4.69, 9.17) is 5.26 Å². The second kappa shape index (κ2) is 8.91. The van der Waals surface area contributed by atoms with E-state index in [0.29, 0.717) is 24.2 Å². The van der Waals surface area contributed by atoms with Crippen LogP contribution in [0.15, 0.2) is 48.5 Å². The molecule has 0 atom stereocenters. The minimum absolute atomic E-state index is 0.106. The van der Waals surface area contributed by atoms with E-state index in [1.54, 1.807) is 24.3 Å². The molecule has 0 unspecified atom stereocenters. The number of hydrogen-bond acceptors (Lipinski definition) is 4. The first-order chi connectivity index (χ1) is 12.8. The number of anilines is 3. The average molecular weight is 348 g/mol. The van der Waals surface area contributed by atoms with Gasteiger partial charge in [0.25, 0.3) is 0 Å². The Morgan fingerprint density at radius 3 is 2.50 bits per heavy atom. The topological polar surface area (TPSA) is 68.2 Å². The Hall–Kier alpha value is -3.00. The summed E-state index contributed by atoms with van der Waals surface area (Å²) in [7, 11) is 0. The van der Waals surface area contributed by atoms with Gasteiger partial charge in [0.05, 0.1) is 11.3 Å². The van der Waals surface area contributed by atoms with E-state index in [1.165, 1.54) is 24.9 Å². The smallest absolute Gasteiger partial charge is 0.226 e. The fraction of sp³-hybridized carbons (Fsp3) is 0.333. The van der Waals surface area contributed by atoms with E-state index in [9.17, 15) is 4.79 Å². The Bertz CT molecular complexity index is 773. The summed E-state index contributed by atoms with van der Waals surface area (Å²) in [6.45, 7) is 2.82. The second-order valence-corrected chi connectivity index (χ2v) is 6.48. The summed E-state index contributed by atoms with van der Waals surface area (Å²) < 4.78 is 0. The molecule has 134 valence electrons. The number of nitrogens with one attached hydrogen (secondary N) is 2. The van der Waals surface area contributed by atoms with Crippen molar-refractivity contribution in [3.05, 3.63) is 54.1 Å². The predicted octanol–water partition coefficient (Wildman–Crippen LogP) is 3.99. The van der Waals surface area contributed by atoms with E-state index in [-0.39, 0.29) is 5.91 Å². The fourth-order valence-electron chi connectivity index (χ4n) is 3.16. The molecule has 26 heavy (non-hydrogen) atoms. The van der Waals surface area contributed by atoms with Crippen molar-refractivity contribution in [1.82, 2.24) is 0 Å². The van der Waals surface area contributed by atoms with Crippen LogP contribution < -0.4 is 15.5 Å². The van der Waals surface area contributed by atoms with E-state index in [2.05, 4.69) is 45.9 Å².